The molecule has 1 aromatic carbocycles. The molecule has 0 bridgehead atoms. The van der Waals surface area contributed by atoms with E-state index in [0.717, 1.165) is 43.5 Å². The van der Waals surface area contributed by atoms with Gasteiger partial charge in [0.05, 0.1) is 0 Å². The van der Waals surface area contributed by atoms with Crippen molar-refractivity contribution in [3.05, 3.63) is 47.7 Å². The number of carbonyl (C=O) groups is 2. The summed E-state index contributed by atoms with van der Waals surface area (Å²) < 4.78 is 10.9. The molecule has 0 unspecified atom stereocenters. The van der Waals surface area contributed by atoms with Crippen molar-refractivity contribution in [1.82, 2.24) is 20.2 Å². The van der Waals surface area contributed by atoms with Crippen molar-refractivity contribution in [2.75, 3.05) is 25.5 Å². The molecule has 160 valence electrons. The van der Waals surface area contributed by atoms with Crippen LogP contribution in [0.25, 0.3) is 0 Å². The molecule has 2 fully saturated rings. The minimum absolute atomic E-state index is 0.105. The number of ether oxygens (including phenoxy) is 2. The number of hydrazine groups is 1. The van der Waals surface area contributed by atoms with Gasteiger partial charge in [0, 0.05) is 37.8 Å². The van der Waals surface area contributed by atoms with Crippen molar-refractivity contribution in [3.63, 3.8) is 0 Å². The Morgan fingerprint density at radius 3 is 2.83 bits per heavy atom. The highest BCUT2D eigenvalue weighted by Crippen LogP contribution is 2.36. The third-order valence-corrected chi connectivity index (χ3v) is 5.61. The zero-order valence-electron chi connectivity index (χ0n) is 17.0. The topological polar surface area (TPSA) is 99.8 Å². The van der Waals surface area contributed by atoms with Crippen molar-refractivity contribution < 1.29 is 19.1 Å². The molecular weight excluding hydrogens is 386 g/mol. The number of hydrogen-bond donors (Lipinski definition) is 2. The van der Waals surface area contributed by atoms with E-state index >= 15 is 0 Å². The molecule has 2 aliphatic rings. The molecule has 0 radical (unpaired) electrons. The van der Waals surface area contributed by atoms with Gasteiger partial charge in [0.15, 0.2) is 5.82 Å². The Bertz CT molecular complexity index is 871. The minimum atomic E-state index is -0.551. The number of anilines is 1. The highest BCUT2D eigenvalue weighted by molar-refractivity contribution is 5.83. The van der Waals surface area contributed by atoms with Gasteiger partial charge in [-0.1, -0.05) is 30.3 Å². The molecule has 2 atom stereocenters. The standard InChI is InChI=1S/C21H27N5O4/c1-25-10-5-11-26(25)21(28)30-17-9-8-16(12-17)18-13-19(24-23-18)22-20(27)29-14-15-6-3-2-4-7-15/h2-4,6-7,13,16-17H,5,8-12,14H2,1H3,(H2,22,23,24,27)/t16-,17+/m0/s1. The van der Waals surface area contributed by atoms with Gasteiger partial charge in [0.1, 0.15) is 12.7 Å². The van der Waals surface area contributed by atoms with E-state index in [1.165, 1.54) is 0 Å². The van der Waals surface area contributed by atoms with Crippen LogP contribution in [0.4, 0.5) is 15.4 Å². The van der Waals surface area contributed by atoms with E-state index in [9.17, 15) is 9.59 Å². The third kappa shape index (κ3) is 4.91. The first-order chi connectivity index (χ1) is 14.6. The van der Waals surface area contributed by atoms with Gasteiger partial charge >= 0.3 is 12.2 Å². The average Bonchev–Trinajstić information content (AvgIpc) is 3.48. The molecule has 9 nitrogen and oxygen atoms in total. The first-order valence-electron chi connectivity index (χ1n) is 10.3. The number of nitrogens with one attached hydrogen (secondary N) is 2. The van der Waals surface area contributed by atoms with Crippen LogP contribution in [0.15, 0.2) is 36.4 Å². The molecule has 2 heterocycles. The number of H-pyrrole nitrogens is 1. The molecule has 2 N–H and O–H groups in total. The average molecular weight is 413 g/mol. The molecule has 1 saturated carbocycles. The zero-order valence-corrected chi connectivity index (χ0v) is 17.0. The van der Waals surface area contributed by atoms with Gasteiger partial charge in [-0.05, 0) is 31.2 Å². The number of carbonyl (C=O) groups excluding carboxylic acids is 2. The lowest BCUT2D eigenvalue weighted by atomic mass is 10.0. The molecule has 0 spiro atoms. The van der Waals surface area contributed by atoms with Crippen molar-refractivity contribution >= 4 is 18.0 Å². The minimum Gasteiger partial charge on any atom is -0.445 e. The van der Waals surface area contributed by atoms with E-state index in [4.69, 9.17) is 9.47 Å². The number of rotatable bonds is 5. The predicted octanol–water partition coefficient (Wildman–Crippen LogP) is 3.48. The Balaban J connectivity index is 1.24. The maximum absolute atomic E-state index is 12.3. The molecule has 1 saturated heterocycles. The van der Waals surface area contributed by atoms with E-state index < -0.39 is 6.09 Å². The molecular formula is C21H27N5O4. The summed E-state index contributed by atoms with van der Waals surface area (Å²) in [6.45, 7) is 1.79. The Morgan fingerprint density at radius 2 is 2.07 bits per heavy atom. The van der Waals surface area contributed by atoms with Crippen molar-refractivity contribution in [1.29, 1.82) is 0 Å². The largest absolute Gasteiger partial charge is 0.445 e. The van der Waals surface area contributed by atoms with Crippen LogP contribution in [0.3, 0.4) is 0 Å². The summed E-state index contributed by atoms with van der Waals surface area (Å²) in [4.78, 5) is 24.3. The zero-order chi connectivity index (χ0) is 20.9. The Kier molecular flexibility index (Phi) is 6.18. The molecule has 4 rings (SSSR count). The molecule has 30 heavy (non-hydrogen) atoms. The molecule has 1 aliphatic carbocycles. The second kappa shape index (κ2) is 9.17. The normalized spacial score (nSPS) is 21.6. The maximum atomic E-state index is 12.3. The quantitative estimate of drug-likeness (QED) is 0.778. The van der Waals surface area contributed by atoms with Gasteiger partial charge in [-0.15, -0.1) is 0 Å². The monoisotopic (exact) mass is 413 g/mol. The van der Waals surface area contributed by atoms with Crippen molar-refractivity contribution in [2.45, 2.75) is 44.3 Å². The van der Waals surface area contributed by atoms with Crippen LogP contribution in [-0.4, -0.2) is 58.6 Å². The fourth-order valence-electron chi connectivity index (χ4n) is 3.98. The van der Waals surface area contributed by atoms with Crippen LogP contribution >= 0.6 is 0 Å². The summed E-state index contributed by atoms with van der Waals surface area (Å²) in [5.41, 5.74) is 1.84. The van der Waals surface area contributed by atoms with Crippen LogP contribution in [0.1, 0.15) is 42.9 Å². The van der Waals surface area contributed by atoms with E-state index in [-0.39, 0.29) is 24.7 Å². The first-order valence-corrected chi connectivity index (χ1v) is 10.3. The summed E-state index contributed by atoms with van der Waals surface area (Å²) in [5.74, 6) is 0.629. The number of benzene rings is 1. The fourth-order valence-corrected chi connectivity index (χ4v) is 3.98. The Morgan fingerprint density at radius 1 is 1.23 bits per heavy atom. The molecule has 2 amide bonds. The first kappa shape index (κ1) is 20.2. The predicted molar refractivity (Wildman–Crippen MR) is 110 cm³/mol. The molecule has 1 aliphatic heterocycles. The van der Waals surface area contributed by atoms with E-state index in [0.29, 0.717) is 12.4 Å². The van der Waals surface area contributed by atoms with E-state index in [1.54, 1.807) is 5.01 Å². The van der Waals surface area contributed by atoms with Gasteiger partial charge < -0.3 is 9.47 Å². The Labute approximate surface area is 175 Å². The van der Waals surface area contributed by atoms with Gasteiger partial charge in [-0.3, -0.25) is 10.4 Å². The summed E-state index contributed by atoms with van der Waals surface area (Å²) in [7, 11) is 1.90. The third-order valence-electron chi connectivity index (χ3n) is 5.61. The SMILES string of the molecule is CN1CCCN1C(=O)O[C@@H]1CC[C@H](c2cc(NC(=O)OCc3ccccc3)n[nH]2)C1. The lowest BCUT2D eigenvalue weighted by Gasteiger charge is -2.25. The molecule has 9 heteroatoms. The summed E-state index contributed by atoms with van der Waals surface area (Å²) in [6.07, 6.45) is 2.49. The summed E-state index contributed by atoms with van der Waals surface area (Å²) in [6, 6.07) is 11.3. The number of aromatic nitrogens is 2. The number of amides is 2. The smallest absolute Gasteiger partial charge is 0.424 e. The Hall–Kier alpha value is -3.07. The fraction of sp³-hybridized carbons (Fsp3) is 0.476. The van der Waals surface area contributed by atoms with Crippen molar-refractivity contribution in [2.24, 2.45) is 0 Å². The molecule has 1 aromatic heterocycles. The second-order valence-corrected chi connectivity index (χ2v) is 7.77. The lowest BCUT2D eigenvalue weighted by molar-refractivity contribution is 0.00895. The molecule has 2 aromatic rings. The number of nitrogens with zero attached hydrogens (tertiary/aromatic N) is 3. The number of hydrogen-bond acceptors (Lipinski definition) is 6. The highest BCUT2D eigenvalue weighted by Gasteiger charge is 2.33. The van der Waals surface area contributed by atoms with Gasteiger partial charge in [-0.2, -0.15) is 5.10 Å². The second-order valence-electron chi connectivity index (χ2n) is 7.77. The van der Waals surface area contributed by atoms with E-state index in [1.807, 2.05) is 48.5 Å². The van der Waals surface area contributed by atoms with Crippen LogP contribution in [0.2, 0.25) is 0 Å². The van der Waals surface area contributed by atoms with E-state index in [2.05, 4.69) is 15.5 Å². The lowest BCUT2D eigenvalue weighted by Crippen LogP contribution is -2.40. The van der Waals surface area contributed by atoms with Gasteiger partial charge in [-0.25, -0.2) is 19.6 Å². The number of aromatic amines is 1. The van der Waals surface area contributed by atoms with Crippen LogP contribution in [0, 0.1) is 0 Å². The van der Waals surface area contributed by atoms with Crippen LogP contribution in [-0.2, 0) is 16.1 Å². The van der Waals surface area contributed by atoms with Crippen LogP contribution in [0.5, 0.6) is 0 Å². The van der Waals surface area contributed by atoms with Crippen molar-refractivity contribution in [3.8, 4) is 0 Å². The van der Waals surface area contributed by atoms with Gasteiger partial charge in [0.25, 0.3) is 0 Å². The summed E-state index contributed by atoms with van der Waals surface area (Å²) >= 11 is 0. The maximum Gasteiger partial charge on any atom is 0.424 e. The van der Waals surface area contributed by atoms with Gasteiger partial charge in [0.2, 0.25) is 0 Å². The summed E-state index contributed by atoms with van der Waals surface area (Å²) in [5, 5.41) is 13.3. The highest BCUT2D eigenvalue weighted by atomic mass is 16.6. The van der Waals surface area contributed by atoms with Crippen LogP contribution < -0.4 is 5.32 Å².